The van der Waals surface area contributed by atoms with E-state index in [1.54, 1.807) is 0 Å². The van der Waals surface area contributed by atoms with Crippen molar-refractivity contribution in [3.05, 3.63) is 21.4 Å². The van der Waals surface area contributed by atoms with Crippen LogP contribution in [0.5, 0.6) is 0 Å². The van der Waals surface area contributed by atoms with Crippen LogP contribution >= 0.6 is 11.3 Å². The first-order valence-electron chi connectivity index (χ1n) is 6.16. The van der Waals surface area contributed by atoms with Crippen molar-refractivity contribution in [2.75, 3.05) is 20.1 Å². The summed E-state index contributed by atoms with van der Waals surface area (Å²) in [4.78, 5) is 5.43. The minimum Gasteiger partial charge on any atom is -0.315 e. The largest absolute Gasteiger partial charge is 0.315 e. The molecule has 0 fully saturated rings. The Kier molecular flexibility index (Phi) is 6.03. The highest BCUT2D eigenvalue weighted by molar-refractivity contribution is 7.12. The second-order valence-electron chi connectivity index (χ2n) is 4.19. The van der Waals surface area contributed by atoms with E-state index in [0.717, 1.165) is 19.6 Å². The quantitative estimate of drug-likeness (QED) is 0.788. The van der Waals surface area contributed by atoms with Gasteiger partial charge in [0.15, 0.2) is 0 Å². The molecule has 0 aliphatic carbocycles. The van der Waals surface area contributed by atoms with Crippen molar-refractivity contribution in [1.82, 2.24) is 10.2 Å². The average molecular weight is 240 g/mol. The molecule has 0 aromatic carbocycles. The highest BCUT2D eigenvalue weighted by Gasteiger charge is 2.08. The first kappa shape index (κ1) is 13.7. The molecule has 0 amide bonds. The van der Waals surface area contributed by atoms with Crippen LogP contribution in [0.1, 0.15) is 35.6 Å². The molecule has 0 bridgehead atoms. The number of aryl methyl sites for hydroxylation is 1. The number of rotatable bonds is 7. The van der Waals surface area contributed by atoms with E-state index in [0.29, 0.717) is 0 Å². The first-order chi connectivity index (χ1) is 7.71. The number of hydrogen-bond acceptors (Lipinski definition) is 3. The van der Waals surface area contributed by atoms with E-state index in [2.05, 4.69) is 37.1 Å². The minimum absolute atomic E-state index is 0.991. The van der Waals surface area contributed by atoms with Crippen molar-refractivity contribution < 1.29 is 0 Å². The van der Waals surface area contributed by atoms with Gasteiger partial charge in [-0.05, 0) is 45.1 Å². The lowest BCUT2D eigenvalue weighted by molar-refractivity contribution is 0.280. The molecule has 1 aromatic heterocycles. The van der Waals surface area contributed by atoms with Gasteiger partial charge in [-0.3, -0.25) is 4.90 Å². The summed E-state index contributed by atoms with van der Waals surface area (Å²) in [5, 5.41) is 3.21. The van der Waals surface area contributed by atoms with Gasteiger partial charge in [0, 0.05) is 22.8 Å². The normalized spacial score (nSPS) is 11.3. The Morgan fingerprint density at radius 3 is 2.69 bits per heavy atom. The van der Waals surface area contributed by atoms with Gasteiger partial charge >= 0.3 is 0 Å². The third-order valence-electron chi connectivity index (χ3n) is 2.80. The molecular weight excluding hydrogens is 216 g/mol. The summed E-state index contributed by atoms with van der Waals surface area (Å²) < 4.78 is 0. The lowest BCUT2D eigenvalue weighted by Crippen LogP contribution is -2.23. The zero-order valence-electron chi connectivity index (χ0n) is 11.0. The molecule has 3 heteroatoms. The maximum Gasteiger partial charge on any atom is 0.0296 e. The molecule has 2 nitrogen and oxygen atoms in total. The van der Waals surface area contributed by atoms with Gasteiger partial charge in [0.25, 0.3) is 0 Å². The van der Waals surface area contributed by atoms with Crippen molar-refractivity contribution >= 4 is 11.3 Å². The van der Waals surface area contributed by atoms with Gasteiger partial charge in [-0.25, -0.2) is 0 Å². The van der Waals surface area contributed by atoms with Gasteiger partial charge in [0.1, 0.15) is 0 Å². The van der Waals surface area contributed by atoms with E-state index in [4.69, 9.17) is 0 Å². The van der Waals surface area contributed by atoms with Crippen LogP contribution < -0.4 is 5.32 Å². The van der Waals surface area contributed by atoms with Crippen molar-refractivity contribution in [2.24, 2.45) is 0 Å². The van der Waals surface area contributed by atoms with Crippen molar-refractivity contribution in [3.63, 3.8) is 0 Å². The molecule has 0 spiro atoms. The molecule has 0 aliphatic rings. The number of nitrogens with zero attached hydrogens (tertiary/aromatic N) is 1. The van der Waals surface area contributed by atoms with E-state index in [9.17, 15) is 0 Å². The molecule has 0 atom stereocenters. The fourth-order valence-electron chi connectivity index (χ4n) is 1.91. The van der Waals surface area contributed by atoms with Crippen LogP contribution in [-0.4, -0.2) is 25.0 Å². The van der Waals surface area contributed by atoms with Crippen LogP contribution in [0.2, 0.25) is 0 Å². The predicted molar refractivity (Wildman–Crippen MR) is 73.1 cm³/mol. The minimum atomic E-state index is 0.991. The standard InChI is InChI=1S/C13H24N2S/c1-5-7-15(6-2)10-12-8-13(9-14-4)16-11(12)3/h8,14H,5-7,9-10H2,1-4H3. The zero-order chi connectivity index (χ0) is 12.0. The van der Waals surface area contributed by atoms with Crippen molar-refractivity contribution in [1.29, 1.82) is 0 Å². The second kappa shape index (κ2) is 7.05. The summed E-state index contributed by atoms with van der Waals surface area (Å²) >= 11 is 1.92. The van der Waals surface area contributed by atoms with E-state index in [-0.39, 0.29) is 0 Å². The molecular formula is C13H24N2S. The van der Waals surface area contributed by atoms with Gasteiger partial charge < -0.3 is 5.32 Å². The van der Waals surface area contributed by atoms with E-state index in [1.807, 2.05) is 18.4 Å². The molecule has 92 valence electrons. The molecule has 1 N–H and O–H groups in total. The molecule has 1 aromatic rings. The first-order valence-corrected chi connectivity index (χ1v) is 6.98. The SMILES string of the molecule is CCCN(CC)Cc1cc(CNC)sc1C. The van der Waals surface area contributed by atoms with Crippen LogP contribution in [0.4, 0.5) is 0 Å². The monoisotopic (exact) mass is 240 g/mol. The molecule has 0 radical (unpaired) electrons. The zero-order valence-corrected chi connectivity index (χ0v) is 11.8. The molecule has 1 rings (SSSR count). The van der Waals surface area contributed by atoms with Gasteiger partial charge in [0.05, 0.1) is 0 Å². The molecule has 0 saturated carbocycles. The Bertz CT molecular complexity index is 307. The molecule has 16 heavy (non-hydrogen) atoms. The summed E-state index contributed by atoms with van der Waals surface area (Å²) in [6.45, 7) is 11.2. The summed E-state index contributed by atoms with van der Waals surface area (Å²) in [6.07, 6.45) is 1.24. The predicted octanol–water partition coefficient (Wildman–Crippen LogP) is 3.01. The van der Waals surface area contributed by atoms with Crippen LogP contribution in [0, 0.1) is 6.92 Å². The van der Waals surface area contributed by atoms with Crippen LogP contribution in [-0.2, 0) is 13.1 Å². The Morgan fingerprint density at radius 1 is 1.38 bits per heavy atom. The highest BCUT2D eigenvalue weighted by Crippen LogP contribution is 2.22. The Hall–Kier alpha value is -0.380. The third kappa shape index (κ3) is 3.89. The van der Waals surface area contributed by atoms with Gasteiger partial charge in [-0.1, -0.05) is 13.8 Å². The average Bonchev–Trinajstić information content (AvgIpc) is 2.59. The summed E-state index contributed by atoms with van der Waals surface area (Å²) in [5.74, 6) is 0. The van der Waals surface area contributed by atoms with Crippen LogP contribution in [0.25, 0.3) is 0 Å². The third-order valence-corrected chi connectivity index (χ3v) is 3.90. The maximum absolute atomic E-state index is 3.21. The van der Waals surface area contributed by atoms with Crippen molar-refractivity contribution in [3.8, 4) is 0 Å². The molecule has 1 heterocycles. The van der Waals surface area contributed by atoms with Crippen molar-refractivity contribution in [2.45, 2.75) is 40.3 Å². The van der Waals surface area contributed by atoms with E-state index >= 15 is 0 Å². The molecule has 0 saturated heterocycles. The summed E-state index contributed by atoms with van der Waals surface area (Å²) in [5.41, 5.74) is 1.51. The number of thiophene rings is 1. The second-order valence-corrected chi connectivity index (χ2v) is 5.53. The van der Waals surface area contributed by atoms with E-state index in [1.165, 1.54) is 28.3 Å². The van der Waals surface area contributed by atoms with Gasteiger partial charge in [0.2, 0.25) is 0 Å². The fourth-order valence-corrected chi connectivity index (χ4v) is 2.98. The molecule has 0 aliphatic heterocycles. The van der Waals surface area contributed by atoms with E-state index < -0.39 is 0 Å². The molecule has 0 unspecified atom stereocenters. The number of hydrogen-bond donors (Lipinski definition) is 1. The lowest BCUT2D eigenvalue weighted by atomic mass is 10.2. The highest BCUT2D eigenvalue weighted by atomic mass is 32.1. The lowest BCUT2D eigenvalue weighted by Gasteiger charge is -2.19. The Morgan fingerprint density at radius 2 is 2.12 bits per heavy atom. The van der Waals surface area contributed by atoms with Gasteiger partial charge in [-0.2, -0.15) is 0 Å². The topological polar surface area (TPSA) is 15.3 Å². The van der Waals surface area contributed by atoms with Gasteiger partial charge in [-0.15, -0.1) is 11.3 Å². The summed E-state index contributed by atoms with van der Waals surface area (Å²) in [6, 6.07) is 2.36. The Labute approximate surface area is 104 Å². The summed E-state index contributed by atoms with van der Waals surface area (Å²) in [7, 11) is 2.00. The Balaban J connectivity index is 2.64. The maximum atomic E-state index is 3.21. The smallest absolute Gasteiger partial charge is 0.0296 e. The van der Waals surface area contributed by atoms with Crippen LogP contribution in [0.3, 0.4) is 0 Å². The fraction of sp³-hybridized carbons (Fsp3) is 0.692. The van der Waals surface area contributed by atoms with Crippen LogP contribution in [0.15, 0.2) is 6.07 Å². The number of nitrogens with one attached hydrogen (secondary N) is 1.